The second-order valence-electron chi connectivity index (χ2n) is 5.60. The van der Waals surface area contributed by atoms with Crippen LogP contribution < -0.4 is 0 Å². The van der Waals surface area contributed by atoms with Crippen molar-refractivity contribution < 1.29 is 14.9 Å². The van der Waals surface area contributed by atoms with Gasteiger partial charge in [-0.2, -0.15) is 0 Å². The Hall–Kier alpha value is -0.900. The molecule has 0 bridgehead atoms. The average Bonchev–Trinajstić information content (AvgIpc) is 2.36. The van der Waals surface area contributed by atoms with Gasteiger partial charge in [-0.3, -0.25) is 0 Å². The standard InChI is InChI=1S/C14H20O3/c1-13(2,9-15)12-11(16)14(3,17-12)10-7-5-4-6-8-10/h4-8,11-12,15-16H,9H2,1-3H3. The Morgan fingerprint density at radius 2 is 1.88 bits per heavy atom. The molecule has 1 fully saturated rings. The minimum absolute atomic E-state index is 0.000400. The molecule has 1 aromatic rings. The number of hydrogen-bond acceptors (Lipinski definition) is 3. The molecule has 3 heteroatoms. The number of benzene rings is 1. The molecule has 1 aromatic carbocycles. The molecule has 0 saturated carbocycles. The van der Waals surface area contributed by atoms with E-state index in [-0.39, 0.29) is 12.7 Å². The minimum Gasteiger partial charge on any atom is -0.396 e. The predicted molar refractivity (Wildman–Crippen MR) is 65.5 cm³/mol. The molecule has 1 aliphatic heterocycles. The van der Waals surface area contributed by atoms with Gasteiger partial charge in [-0.05, 0) is 12.5 Å². The van der Waals surface area contributed by atoms with E-state index in [1.807, 2.05) is 51.1 Å². The first-order valence-corrected chi connectivity index (χ1v) is 5.94. The van der Waals surface area contributed by atoms with E-state index in [1.165, 1.54) is 0 Å². The molecule has 17 heavy (non-hydrogen) atoms. The maximum Gasteiger partial charge on any atom is 0.119 e. The summed E-state index contributed by atoms with van der Waals surface area (Å²) in [7, 11) is 0. The molecule has 1 aliphatic rings. The number of aliphatic hydroxyl groups excluding tert-OH is 2. The quantitative estimate of drug-likeness (QED) is 0.839. The van der Waals surface area contributed by atoms with Crippen LogP contribution in [0.5, 0.6) is 0 Å². The molecule has 1 heterocycles. The van der Waals surface area contributed by atoms with E-state index in [0.717, 1.165) is 5.56 Å². The van der Waals surface area contributed by atoms with Crippen molar-refractivity contribution in [1.82, 2.24) is 0 Å². The number of rotatable bonds is 3. The lowest BCUT2D eigenvalue weighted by Gasteiger charge is -2.55. The SMILES string of the molecule is CC(C)(CO)C1OC(C)(c2ccccc2)C1O. The Labute approximate surface area is 102 Å². The highest BCUT2D eigenvalue weighted by Crippen LogP contribution is 2.47. The summed E-state index contributed by atoms with van der Waals surface area (Å²) in [5.74, 6) is 0. The van der Waals surface area contributed by atoms with Gasteiger partial charge in [0.05, 0.1) is 12.7 Å². The molecule has 0 aromatic heterocycles. The molecular weight excluding hydrogens is 216 g/mol. The molecule has 0 radical (unpaired) electrons. The second kappa shape index (κ2) is 4.09. The molecule has 0 spiro atoms. The van der Waals surface area contributed by atoms with Gasteiger partial charge in [-0.15, -0.1) is 0 Å². The van der Waals surface area contributed by atoms with Crippen LogP contribution >= 0.6 is 0 Å². The van der Waals surface area contributed by atoms with Gasteiger partial charge in [0.2, 0.25) is 0 Å². The molecule has 2 rings (SSSR count). The van der Waals surface area contributed by atoms with E-state index in [9.17, 15) is 10.2 Å². The van der Waals surface area contributed by atoms with Crippen LogP contribution in [0.25, 0.3) is 0 Å². The summed E-state index contributed by atoms with van der Waals surface area (Å²) in [4.78, 5) is 0. The second-order valence-corrected chi connectivity index (χ2v) is 5.60. The summed E-state index contributed by atoms with van der Waals surface area (Å²) in [6, 6.07) is 9.70. The molecule has 3 atom stereocenters. The van der Waals surface area contributed by atoms with Crippen molar-refractivity contribution in [3.8, 4) is 0 Å². The van der Waals surface area contributed by atoms with Crippen LogP contribution in [0.3, 0.4) is 0 Å². The van der Waals surface area contributed by atoms with Crippen LogP contribution in [0.15, 0.2) is 30.3 Å². The number of ether oxygens (including phenoxy) is 1. The highest BCUT2D eigenvalue weighted by molar-refractivity contribution is 5.27. The third-order valence-electron chi connectivity index (χ3n) is 3.75. The van der Waals surface area contributed by atoms with Crippen LogP contribution in [0.2, 0.25) is 0 Å². The van der Waals surface area contributed by atoms with E-state index in [0.29, 0.717) is 0 Å². The summed E-state index contributed by atoms with van der Waals surface area (Å²) >= 11 is 0. The lowest BCUT2D eigenvalue weighted by Crippen LogP contribution is -2.65. The van der Waals surface area contributed by atoms with Gasteiger partial charge in [0.25, 0.3) is 0 Å². The predicted octanol–water partition coefficient (Wildman–Crippen LogP) is 1.68. The van der Waals surface area contributed by atoms with Gasteiger partial charge in [-0.25, -0.2) is 0 Å². The van der Waals surface area contributed by atoms with Crippen LogP contribution in [0.1, 0.15) is 26.3 Å². The third-order valence-corrected chi connectivity index (χ3v) is 3.75. The number of aliphatic hydroxyl groups is 2. The maximum atomic E-state index is 10.3. The van der Waals surface area contributed by atoms with Crippen molar-refractivity contribution in [2.24, 2.45) is 5.41 Å². The monoisotopic (exact) mass is 236 g/mol. The fraction of sp³-hybridized carbons (Fsp3) is 0.571. The Bertz CT molecular complexity index is 388. The first-order valence-electron chi connectivity index (χ1n) is 5.94. The van der Waals surface area contributed by atoms with Crippen LogP contribution in [0, 0.1) is 5.41 Å². The van der Waals surface area contributed by atoms with Gasteiger partial charge in [0, 0.05) is 5.41 Å². The molecule has 0 aliphatic carbocycles. The molecule has 0 amide bonds. The van der Waals surface area contributed by atoms with Crippen molar-refractivity contribution in [2.75, 3.05) is 6.61 Å². The third kappa shape index (κ3) is 1.88. The largest absolute Gasteiger partial charge is 0.396 e. The van der Waals surface area contributed by atoms with Crippen LogP contribution in [-0.2, 0) is 10.3 Å². The van der Waals surface area contributed by atoms with E-state index in [2.05, 4.69) is 0 Å². The fourth-order valence-electron chi connectivity index (χ4n) is 2.30. The fourth-order valence-corrected chi connectivity index (χ4v) is 2.30. The van der Waals surface area contributed by atoms with Gasteiger partial charge in [-0.1, -0.05) is 44.2 Å². The van der Waals surface area contributed by atoms with Gasteiger partial charge < -0.3 is 14.9 Å². The first-order chi connectivity index (χ1) is 7.92. The normalized spacial score (nSPS) is 33.2. The zero-order valence-electron chi connectivity index (χ0n) is 10.6. The molecule has 1 saturated heterocycles. The summed E-state index contributed by atoms with van der Waals surface area (Å²) in [6.07, 6.45) is -0.912. The summed E-state index contributed by atoms with van der Waals surface area (Å²) in [5.41, 5.74) is -0.107. The summed E-state index contributed by atoms with van der Waals surface area (Å²) in [6.45, 7) is 5.67. The Balaban J connectivity index is 2.19. The molecular formula is C14H20O3. The smallest absolute Gasteiger partial charge is 0.119 e. The van der Waals surface area contributed by atoms with E-state index in [4.69, 9.17) is 4.74 Å². The van der Waals surface area contributed by atoms with Crippen molar-refractivity contribution in [3.63, 3.8) is 0 Å². The number of hydrogen-bond donors (Lipinski definition) is 2. The maximum absolute atomic E-state index is 10.3. The highest BCUT2D eigenvalue weighted by Gasteiger charge is 2.57. The average molecular weight is 236 g/mol. The Morgan fingerprint density at radius 3 is 2.35 bits per heavy atom. The molecule has 3 unspecified atom stereocenters. The van der Waals surface area contributed by atoms with Gasteiger partial charge >= 0.3 is 0 Å². The zero-order valence-corrected chi connectivity index (χ0v) is 10.6. The van der Waals surface area contributed by atoms with E-state index in [1.54, 1.807) is 0 Å². The van der Waals surface area contributed by atoms with Gasteiger partial charge in [0.15, 0.2) is 0 Å². The summed E-state index contributed by atoms with van der Waals surface area (Å²) in [5, 5.41) is 19.6. The van der Waals surface area contributed by atoms with Crippen molar-refractivity contribution in [3.05, 3.63) is 35.9 Å². The summed E-state index contributed by atoms with van der Waals surface area (Å²) < 4.78 is 5.87. The topological polar surface area (TPSA) is 49.7 Å². The molecule has 94 valence electrons. The highest BCUT2D eigenvalue weighted by atomic mass is 16.6. The Morgan fingerprint density at radius 1 is 1.29 bits per heavy atom. The lowest BCUT2D eigenvalue weighted by atomic mass is 9.71. The molecule has 2 N–H and O–H groups in total. The van der Waals surface area contributed by atoms with Crippen LogP contribution in [-0.4, -0.2) is 29.0 Å². The first kappa shape index (κ1) is 12.6. The van der Waals surface area contributed by atoms with E-state index < -0.39 is 17.1 Å². The minimum atomic E-state index is -0.654. The lowest BCUT2D eigenvalue weighted by molar-refractivity contribution is -0.321. The van der Waals surface area contributed by atoms with Gasteiger partial charge in [0.1, 0.15) is 11.7 Å². The van der Waals surface area contributed by atoms with Crippen LogP contribution in [0.4, 0.5) is 0 Å². The van der Waals surface area contributed by atoms with Crippen molar-refractivity contribution in [2.45, 2.75) is 38.6 Å². The van der Waals surface area contributed by atoms with Crippen molar-refractivity contribution in [1.29, 1.82) is 0 Å². The van der Waals surface area contributed by atoms with E-state index >= 15 is 0 Å². The zero-order chi connectivity index (χ0) is 12.7. The van der Waals surface area contributed by atoms with Crippen molar-refractivity contribution >= 4 is 0 Å². The Kier molecular flexibility index (Phi) is 3.02. The molecule has 3 nitrogen and oxygen atoms in total.